The van der Waals surface area contributed by atoms with Gasteiger partial charge < -0.3 is 14.8 Å². The Labute approximate surface area is 98.2 Å². The maximum absolute atomic E-state index is 5.90. The van der Waals surface area contributed by atoms with Crippen LogP contribution in [0.4, 0.5) is 0 Å². The fourth-order valence-electron chi connectivity index (χ4n) is 2.50. The van der Waals surface area contributed by atoms with Crippen LogP contribution < -0.4 is 5.32 Å². The number of nitrogens with one attached hydrogen (secondary N) is 1. The van der Waals surface area contributed by atoms with E-state index in [1.807, 2.05) is 0 Å². The lowest BCUT2D eigenvalue weighted by atomic mass is 9.90. The van der Waals surface area contributed by atoms with E-state index in [1.165, 1.54) is 5.57 Å². The molecule has 2 rings (SSSR count). The van der Waals surface area contributed by atoms with Gasteiger partial charge in [-0.3, -0.25) is 0 Å². The molecule has 1 spiro atoms. The SMILES string of the molecule is CC(C)=CCNC1CCOC2(CCOC2)C1. The normalized spacial score (nSPS) is 34.2. The third kappa shape index (κ3) is 3.06. The zero-order chi connectivity index (χ0) is 11.4. The molecule has 0 aromatic heterocycles. The summed E-state index contributed by atoms with van der Waals surface area (Å²) in [6, 6.07) is 0.589. The fourth-order valence-corrected chi connectivity index (χ4v) is 2.50. The third-order valence-corrected chi connectivity index (χ3v) is 3.48. The van der Waals surface area contributed by atoms with E-state index < -0.39 is 0 Å². The highest BCUT2D eigenvalue weighted by Crippen LogP contribution is 2.32. The Morgan fingerprint density at radius 2 is 2.31 bits per heavy atom. The van der Waals surface area contributed by atoms with E-state index in [2.05, 4.69) is 25.2 Å². The molecular formula is C13H23NO2. The van der Waals surface area contributed by atoms with E-state index in [0.717, 1.165) is 45.6 Å². The smallest absolute Gasteiger partial charge is 0.0951 e. The Morgan fingerprint density at radius 1 is 1.44 bits per heavy atom. The van der Waals surface area contributed by atoms with Gasteiger partial charge in [0.25, 0.3) is 0 Å². The maximum atomic E-state index is 5.90. The van der Waals surface area contributed by atoms with Crippen LogP contribution in [-0.4, -0.2) is 38.0 Å². The van der Waals surface area contributed by atoms with Gasteiger partial charge in [-0.15, -0.1) is 0 Å². The quantitative estimate of drug-likeness (QED) is 0.744. The number of hydrogen-bond donors (Lipinski definition) is 1. The summed E-state index contributed by atoms with van der Waals surface area (Å²) in [6.45, 7) is 7.77. The molecule has 1 N–H and O–H groups in total. The minimum atomic E-state index is 0.0287. The fraction of sp³-hybridized carbons (Fsp3) is 0.846. The number of ether oxygens (including phenoxy) is 2. The molecule has 0 aromatic carbocycles. The van der Waals surface area contributed by atoms with Crippen LogP contribution in [0.15, 0.2) is 11.6 Å². The van der Waals surface area contributed by atoms with Crippen LogP contribution in [0.2, 0.25) is 0 Å². The molecule has 2 saturated heterocycles. The Kier molecular flexibility index (Phi) is 4.00. The van der Waals surface area contributed by atoms with E-state index >= 15 is 0 Å². The van der Waals surface area contributed by atoms with Gasteiger partial charge in [0.05, 0.1) is 12.2 Å². The molecule has 3 nitrogen and oxygen atoms in total. The molecule has 2 atom stereocenters. The summed E-state index contributed by atoms with van der Waals surface area (Å²) >= 11 is 0. The van der Waals surface area contributed by atoms with Crippen molar-refractivity contribution >= 4 is 0 Å². The van der Waals surface area contributed by atoms with Crippen molar-refractivity contribution in [2.75, 3.05) is 26.4 Å². The van der Waals surface area contributed by atoms with Gasteiger partial charge >= 0.3 is 0 Å². The third-order valence-electron chi connectivity index (χ3n) is 3.48. The summed E-state index contributed by atoms with van der Waals surface area (Å²) in [4.78, 5) is 0. The first-order chi connectivity index (χ1) is 7.70. The van der Waals surface area contributed by atoms with Gasteiger partial charge in [0.15, 0.2) is 0 Å². The second kappa shape index (κ2) is 5.30. The molecule has 0 bridgehead atoms. The van der Waals surface area contributed by atoms with Gasteiger partial charge in [0, 0.05) is 32.2 Å². The Bertz CT molecular complexity index is 253. The Morgan fingerprint density at radius 3 is 3.00 bits per heavy atom. The molecule has 2 aliphatic heterocycles. The van der Waals surface area contributed by atoms with Crippen molar-refractivity contribution in [3.05, 3.63) is 11.6 Å². The molecule has 2 unspecified atom stereocenters. The molecule has 0 aliphatic carbocycles. The predicted molar refractivity (Wildman–Crippen MR) is 64.6 cm³/mol. The minimum absolute atomic E-state index is 0.0287. The van der Waals surface area contributed by atoms with Gasteiger partial charge in [-0.2, -0.15) is 0 Å². The molecule has 92 valence electrons. The van der Waals surface area contributed by atoms with Gasteiger partial charge in [-0.05, 0) is 26.7 Å². The van der Waals surface area contributed by atoms with Gasteiger partial charge in [-0.25, -0.2) is 0 Å². The zero-order valence-corrected chi connectivity index (χ0v) is 10.4. The number of hydrogen-bond acceptors (Lipinski definition) is 3. The molecular weight excluding hydrogens is 202 g/mol. The first kappa shape index (κ1) is 12.1. The largest absolute Gasteiger partial charge is 0.378 e. The van der Waals surface area contributed by atoms with Crippen molar-refractivity contribution < 1.29 is 9.47 Å². The lowest BCUT2D eigenvalue weighted by Crippen LogP contribution is -2.47. The summed E-state index contributed by atoms with van der Waals surface area (Å²) in [5.74, 6) is 0. The van der Waals surface area contributed by atoms with Gasteiger partial charge in [-0.1, -0.05) is 11.6 Å². The summed E-state index contributed by atoms with van der Waals surface area (Å²) in [5, 5.41) is 3.59. The van der Waals surface area contributed by atoms with E-state index in [-0.39, 0.29) is 5.60 Å². The lowest BCUT2D eigenvalue weighted by molar-refractivity contribution is -0.0889. The standard InChI is InChI=1S/C13H23NO2/c1-11(2)3-6-14-12-4-7-16-13(9-12)5-8-15-10-13/h3,12,14H,4-10H2,1-2H3. The molecule has 0 amide bonds. The van der Waals surface area contributed by atoms with Crippen LogP contribution in [0.25, 0.3) is 0 Å². The molecule has 0 aromatic rings. The first-order valence-electron chi connectivity index (χ1n) is 6.29. The van der Waals surface area contributed by atoms with Crippen LogP contribution >= 0.6 is 0 Å². The highest BCUT2D eigenvalue weighted by Gasteiger charge is 2.40. The first-order valence-corrected chi connectivity index (χ1v) is 6.29. The second-order valence-electron chi connectivity index (χ2n) is 5.21. The van der Waals surface area contributed by atoms with Crippen LogP contribution in [0, 0.1) is 0 Å². The Balaban J connectivity index is 1.80. The average Bonchev–Trinajstić information content (AvgIpc) is 2.66. The predicted octanol–water partition coefficient (Wildman–Crippen LogP) is 1.88. The lowest BCUT2D eigenvalue weighted by Gasteiger charge is -2.37. The molecule has 0 radical (unpaired) electrons. The molecule has 3 heteroatoms. The molecule has 0 saturated carbocycles. The maximum Gasteiger partial charge on any atom is 0.0951 e. The summed E-state index contributed by atoms with van der Waals surface area (Å²) < 4.78 is 11.4. The molecule has 16 heavy (non-hydrogen) atoms. The topological polar surface area (TPSA) is 30.5 Å². The van der Waals surface area contributed by atoms with E-state index in [4.69, 9.17) is 9.47 Å². The molecule has 2 fully saturated rings. The summed E-state index contributed by atoms with van der Waals surface area (Å²) in [5.41, 5.74) is 1.40. The summed E-state index contributed by atoms with van der Waals surface area (Å²) in [7, 11) is 0. The number of allylic oxidation sites excluding steroid dienone is 1. The minimum Gasteiger partial charge on any atom is -0.378 e. The summed E-state index contributed by atoms with van der Waals surface area (Å²) in [6.07, 6.45) is 5.53. The zero-order valence-electron chi connectivity index (χ0n) is 10.4. The molecule has 2 aliphatic rings. The van der Waals surface area contributed by atoms with E-state index in [0.29, 0.717) is 6.04 Å². The van der Waals surface area contributed by atoms with E-state index in [9.17, 15) is 0 Å². The van der Waals surface area contributed by atoms with Crippen molar-refractivity contribution in [1.29, 1.82) is 0 Å². The van der Waals surface area contributed by atoms with Gasteiger partial charge in [0.1, 0.15) is 0 Å². The van der Waals surface area contributed by atoms with Crippen LogP contribution in [0.5, 0.6) is 0 Å². The van der Waals surface area contributed by atoms with Gasteiger partial charge in [0.2, 0.25) is 0 Å². The van der Waals surface area contributed by atoms with Crippen LogP contribution in [-0.2, 0) is 9.47 Å². The number of rotatable bonds is 3. The second-order valence-corrected chi connectivity index (χ2v) is 5.21. The molecule has 2 heterocycles. The Hall–Kier alpha value is -0.380. The van der Waals surface area contributed by atoms with Crippen LogP contribution in [0.1, 0.15) is 33.1 Å². The monoisotopic (exact) mass is 225 g/mol. The van der Waals surface area contributed by atoms with Crippen molar-refractivity contribution in [1.82, 2.24) is 5.32 Å². The van der Waals surface area contributed by atoms with Crippen LogP contribution in [0.3, 0.4) is 0 Å². The highest BCUT2D eigenvalue weighted by molar-refractivity contribution is 4.97. The highest BCUT2D eigenvalue weighted by atomic mass is 16.6. The van der Waals surface area contributed by atoms with Crippen molar-refractivity contribution in [2.24, 2.45) is 0 Å². The average molecular weight is 225 g/mol. The van der Waals surface area contributed by atoms with Crippen molar-refractivity contribution in [3.63, 3.8) is 0 Å². The van der Waals surface area contributed by atoms with Crippen molar-refractivity contribution in [2.45, 2.75) is 44.8 Å². The van der Waals surface area contributed by atoms with E-state index in [1.54, 1.807) is 0 Å². The van der Waals surface area contributed by atoms with Crippen molar-refractivity contribution in [3.8, 4) is 0 Å².